The standard InChI is InChI=1S/C24H24ClN5O3S/c25-18-7-8-19(23-17(18)4-1-9-26-23)32-16-22(31)30-13-11-29(12-14-30)10-2-6-21-27-24(28-33-21)20-5-3-15-34-20/h1,3-5,7-9,15H,2,6,10-14,16H2. The van der Waals surface area contributed by atoms with E-state index in [0.29, 0.717) is 41.1 Å². The topological polar surface area (TPSA) is 84.6 Å². The lowest BCUT2D eigenvalue weighted by molar-refractivity contribution is -0.135. The zero-order valence-corrected chi connectivity index (χ0v) is 20.1. The van der Waals surface area contributed by atoms with Gasteiger partial charge in [-0.05, 0) is 48.7 Å². The van der Waals surface area contributed by atoms with Crippen molar-refractivity contribution in [2.24, 2.45) is 0 Å². The van der Waals surface area contributed by atoms with Crippen LogP contribution in [0, 0.1) is 0 Å². The number of aromatic nitrogens is 3. The number of thiophene rings is 1. The van der Waals surface area contributed by atoms with Gasteiger partial charge in [0.25, 0.3) is 5.91 Å². The fourth-order valence-electron chi connectivity index (χ4n) is 4.00. The van der Waals surface area contributed by atoms with Gasteiger partial charge in [0.1, 0.15) is 11.3 Å². The van der Waals surface area contributed by atoms with Crippen molar-refractivity contribution < 1.29 is 14.1 Å². The summed E-state index contributed by atoms with van der Waals surface area (Å²) in [4.78, 5) is 26.7. The number of hydrogen-bond donors (Lipinski definition) is 0. The largest absolute Gasteiger partial charge is 0.481 e. The SMILES string of the molecule is O=C(COc1ccc(Cl)c2cccnc12)N1CCN(CCCc2nc(-c3cccs3)no2)CC1. The summed E-state index contributed by atoms with van der Waals surface area (Å²) < 4.78 is 11.2. The zero-order chi connectivity index (χ0) is 23.3. The second-order valence-electron chi connectivity index (χ2n) is 8.05. The molecule has 5 rings (SSSR count). The number of ether oxygens (including phenoxy) is 1. The van der Waals surface area contributed by atoms with Crippen molar-refractivity contribution in [3.8, 4) is 16.5 Å². The van der Waals surface area contributed by atoms with E-state index in [-0.39, 0.29) is 12.5 Å². The molecule has 10 heteroatoms. The number of halogens is 1. The molecule has 1 aliphatic rings. The highest BCUT2D eigenvalue weighted by Gasteiger charge is 2.22. The third-order valence-electron chi connectivity index (χ3n) is 5.83. The second kappa shape index (κ2) is 10.5. The molecule has 0 bridgehead atoms. The summed E-state index contributed by atoms with van der Waals surface area (Å²) in [6, 6.07) is 11.2. The molecule has 1 saturated heterocycles. The third kappa shape index (κ3) is 5.22. The molecule has 0 saturated carbocycles. The van der Waals surface area contributed by atoms with Crippen LogP contribution in [-0.2, 0) is 11.2 Å². The molecule has 1 amide bonds. The van der Waals surface area contributed by atoms with E-state index in [0.717, 1.165) is 42.7 Å². The van der Waals surface area contributed by atoms with Gasteiger partial charge in [0.2, 0.25) is 11.7 Å². The molecule has 34 heavy (non-hydrogen) atoms. The van der Waals surface area contributed by atoms with Crippen LogP contribution in [0.25, 0.3) is 21.6 Å². The Balaban J connectivity index is 1.05. The fraction of sp³-hybridized carbons (Fsp3) is 0.333. The van der Waals surface area contributed by atoms with Gasteiger partial charge >= 0.3 is 0 Å². The van der Waals surface area contributed by atoms with Crippen molar-refractivity contribution in [3.63, 3.8) is 0 Å². The van der Waals surface area contributed by atoms with E-state index >= 15 is 0 Å². The number of benzene rings is 1. The summed E-state index contributed by atoms with van der Waals surface area (Å²) in [5.41, 5.74) is 0.663. The van der Waals surface area contributed by atoms with Crippen LogP contribution in [-0.4, -0.2) is 70.2 Å². The number of carbonyl (C=O) groups is 1. The minimum Gasteiger partial charge on any atom is -0.481 e. The van der Waals surface area contributed by atoms with E-state index in [9.17, 15) is 4.79 Å². The van der Waals surface area contributed by atoms with Gasteiger partial charge in [-0.2, -0.15) is 4.98 Å². The number of rotatable bonds is 8. The van der Waals surface area contributed by atoms with Gasteiger partial charge in [-0.25, -0.2) is 0 Å². The number of nitrogens with zero attached hydrogens (tertiary/aromatic N) is 5. The molecular formula is C24H24ClN5O3S. The van der Waals surface area contributed by atoms with E-state index in [1.165, 1.54) is 0 Å². The highest BCUT2D eigenvalue weighted by molar-refractivity contribution is 7.13. The van der Waals surface area contributed by atoms with Crippen LogP contribution in [0.15, 0.2) is 52.5 Å². The van der Waals surface area contributed by atoms with Crippen molar-refractivity contribution in [2.75, 3.05) is 39.3 Å². The monoisotopic (exact) mass is 497 g/mol. The first-order chi connectivity index (χ1) is 16.7. The number of fused-ring (bicyclic) bond motifs is 1. The second-order valence-corrected chi connectivity index (χ2v) is 9.40. The molecule has 4 aromatic rings. The smallest absolute Gasteiger partial charge is 0.260 e. The first-order valence-corrected chi connectivity index (χ1v) is 12.5. The van der Waals surface area contributed by atoms with Crippen LogP contribution >= 0.6 is 22.9 Å². The maximum Gasteiger partial charge on any atom is 0.260 e. The minimum atomic E-state index is -0.0225. The maximum atomic E-state index is 12.7. The quantitative estimate of drug-likeness (QED) is 0.361. The van der Waals surface area contributed by atoms with Crippen LogP contribution in [0.3, 0.4) is 0 Å². The number of amides is 1. The number of pyridine rings is 1. The summed E-state index contributed by atoms with van der Waals surface area (Å²) >= 11 is 7.83. The van der Waals surface area contributed by atoms with E-state index in [2.05, 4.69) is 20.0 Å². The Morgan fingerprint density at radius 1 is 1.15 bits per heavy atom. The van der Waals surface area contributed by atoms with Crippen LogP contribution in [0.2, 0.25) is 5.02 Å². The zero-order valence-electron chi connectivity index (χ0n) is 18.5. The first kappa shape index (κ1) is 22.8. The van der Waals surface area contributed by atoms with E-state index < -0.39 is 0 Å². The maximum absolute atomic E-state index is 12.7. The number of hydrogen-bond acceptors (Lipinski definition) is 8. The van der Waals surface area contributed by atoms with E-state index in [1.54, 1.807) is 29.7 Å². The molecule has 0 N–H and O–H groups in total. The molecule has 4 heterocycles. The molecule has 0 unspecified atom stereocenters. The van der Waals surface area contributed by atoms with Gasteiger partial charge in [-0.3, -0.25) is 14.7 Å². The Morgan fingerprint density at radius 3 is 2.85 bits per heavy atom. The molecule has 0 spiro atoms. The average molecular weight is 498 g/mol. The van der Waals surface area contributed by atoms with Crippen molar-refractivity contribution >= 4 is 39.7 Å². The van der Waals surface area contributed by atoms with Gasteiger partial charge in [-0.1, -0.05) is 22.8 Å². The van der Waals surface area contributed by atoms with Crippen LogP contribution in [0.5, 0.6) is 5.75 Å². The Bertz CT molecular complexity index is 1250. The minimum absolute atomic E-state index is 0.0168. The Morgan fingerprint density at radius 2 is 2.03 bits per heavy atom. The summed E-state index contributed by atoms with van der Waals surface area (Å²) in [5, 5.41) is 7.48. The van der Waals surface area contributed by atoms with Gasteiger partial charge in [0.15, 0.2) is 6.61 Å². The fourth-order valence-corrected chi connectivity index (χ4v) is 4.86. The molecule has 0 radical (unpaired) electrons. The van der Waals surface area contributed by atoms with Crippen molar-refractivity contribution in [1.29, 1.82) is 0 Å². The number of carbonyl (C=O) groups excluding carboxylic acids is 1. The van der Waals surface area contributed by atoms with Gasteiger partial charge < -0.3 is 14.2 Å². The van der Waals surface area contributed by atoms with Crippen LogP contribution in [0.4, 0.5) is 0 Å². The molecule has 1 aliphatic heterocycles. The van der Waals surface area contributed by atoms with Gasteiger partial charge in [-0.15, -0.1) is 11.3 Å². The highest BCUT2D eigenvalue weighted by atomic mass is 35.5. The number of piperazine rings is 1. The molecule has 3 aromatic heterocycles. The van der Waals surface area contributed by atoms with Gasteiger partial charge in [0.05, 0.1) is 9.90 Å². The lowest BCUT2D eigenvalue weighted by Gasteiger charge is -2.34. The van der Waals surface area contributed by atoms with Crippen LogP contribution in [0.1, 0.15) is 12.3 Å². The normalized spacial score (nSPS) is 14.6. The summed E-state index contributed by atoms with van der Waals surface area (Å²) in [5.74, 6) is 1.86. The summed E-state index contributed by atoms with van der Waals surface area (Å²) in [7, 11) is 0. The lowest BCUT2D eigenvalue weighted by atomic mass is 10.2. The summed E-state index contributed by atoms with van der Waals surface area (Å²) in [6.45, 7) is 3.95. The highest BCUT2D eigenvalue weighted by Crippen LogP contribution is 2.29. The molecular weight excluding hydrogens is 474 g/mol. The molecule has 1 aromatic carbocycles. The van der Waals surface area contributed by atoms with E-state index in [4.69, 9.17) is 20.9 Å². The van der Waals surface area contributed by atoms with Crippen molar-refractivity contribution in [2.45, 2.75) is 12.8 Å². The Labute approximate surface area is 206 Å². The molecule has 0 atom stereocenters. The molecule has 0 aliphatic carbocycles. The first-order valence-electron chi connectivity index (χ1n) is 11.2. The molecule has 1 fully saturated rings. The Hall–Kier alpha value is -3.01. The summed E-state index contributed by atoms with van der Waals surface area (Å²) in [6.07, 6.45) is 3.36. The van der Waals surface area contributed by atoms with E-state index in [1.807, 2.05) is 34.5 Å². The van der Waals surface area contributed by atoms with Gasteiger partial charge in [0, 0.05) is 44.2 Å². The molecule has 176 valence electrons. The number of aryl methyl sites for hydroxylation is 1. The average Bonchev–Trinajstić information content (AvgIpc) is 3.57. The van der Waals surface area contributed by atoms with Crippen molar-refractivity contribution in [3.05, 3.63) is 58.9 Å². The third-order valence-corrected chi connectivity index (χ3v) is 7.03. The molecule has 8 nitrogen and oxygen atoms in total. The predicted octanol–water partition coefficient (Wildman–Crippen LogP) is 4.16. The van der Waals surface area contributed by atoms with Crippen LogP contribution < -0.4 is 4.74 Å². The van der Waals surface area contributed by atoms with Crippen molar-refractivity contribution in [1.82, 2.24) is 24.9 Å². The lowest BCUT2D eigenvalue weighted by Crippen LogP contribution is -2.50. The predicted molar refractivity (Wildman–Crippen MR) is 131 cm³/mol. The Kier molecular flexibility index (Phi) is 7.03.